The number of aliphatic hydroxyl groups is 1. The smallest absolute Gasteiger partial charge is 0.225 e. The van der Waals surface area contributed by atoms with Crippen molar-refractivity contribution in [2.45, 2.75) is 51.0 Å². The highest BCUT2D eigenvalue weighted by molar-refractivity contribution is 5.78. The molecule has 2 aliphatic heterocycles. The predicted octanol–water partition coefficient (Wildman–Crippen LogP) is 1.24. The highest BCUT2D eigenvalue weighted by Gasteiger charge is 2.27. The molecule has 2 saturated heterocycles. The second kappa shape index (κ2) is 7.10. The van der Waals surface area contributed by atoms with Crippen LogP contribution in [0.4, 0.5) is 0 Å². The van der Waals surface area contributed by atoms with Gasteiger partial charge in [0.15, 0.2) is 0 Å². The summed E-state index contributed by atoms with van der Waals surface area (Å²) in [5.41, 5.74) is 0. The molecule has 104 valence electrons. The summed E-state index contributed by atoms with van der Waals surface area (Å²) in [4.78, 5) is 15.9. The number of aliphatic hydroxyl groups excluding tert-OH is 1. The van der Waals surface area contributed by atoms with Crippen molar-refractivity contribution in [3.05, 3.63) is 0 Å². The number of rotatable bonds is 5. The zero-order chi connectivity index (χ0) is 12.8. The number of likely N-dealkylation sites (tertiary alicyclic amines) is 2. The molecular formula is C14H26N2O2. The van der Waals surface area contributed by atoms with Gasteiger partial charge in [0, 0.05) is 13.1 Å². The fourth-order valence-electron chi connectivity index (χ4n) is 2.97. The number of unbranched alkanes of at least 4 members (excludes halogenated alkanes) is 1. The van der Waals surface area contributed by atoms with E-state index < -0.39 is 6.10 Å². The Labute approximate surface area is 110 Å². The molecule has 1 unspecified atom stereocenters. The maximum Gasteiger partial charge on any atom is 0.225 e. The van der Waals surface area contributed by atoms with E-state index in [1.54, 1.807) is 0 Å². The summed E-state index contributed by atoms with van der Waals surface area (Å²) in [6, 6.07) is 0. The van der Waals surface area contributed by atoms with Crippen LogP contribution in [0.25, 0.3) is 0 Å². The van der Waals surface area contributed by atoms with E-state index in [1.165, 1.54) is 51.7 Å². The first-order valence-corrected chi connectivity index (χ1v) is 7.44. The molecule has 2 heterocycles. The van der Waals surface area contributed by atoms with Gasteiger partial charge in [0.05, 0.1) is 12.5 Å². The number of hydrogen-bond acceptors (Lipinski definition) is 3. The molecule has 0 aromatic heterocycles. The predicted molar refractivity (Wildman–Crippen MR) is 71.3 cm³/mol. The third kappa shape index (κ3) is 4.25. The number of nitrogens with zero attached hydrogens (tertiary/aromatic N) is 2. The van der Waals surface area contributed by atoms with Crippen LogP contribution in [0.5, 0.6) is 0 Å². The normalized spacial score (nSPS) is 26.6. The maximum atomic E-state index is 11.5. The number of amides is 1. The minimum atomic E-state index is -0.428. The molecule has 1 N–H and O–H groups in total. The first kappa shape index (κ1) is 13.8. The van der Waals surface area contributed by atoms with Gasteiger partial charge in [-0.25, -0.2) is 0 Å². The molecule has 2 aliphatic rings. The summed E-state index contributed by atoms with van der Waals surface area (Å²) in [7, 11) is 0. The average molecular weight is 254 g/mol. The van der Waals surface area contributed by atoms with Gasteiger partial charge in [0.1, 0.15) is 0 Å². The number of β-amino-alcohol motifs (C(OH)–C–C–N with tert-alkyl or cyclic N) is 1. The lowest BCUT2D eigenvalue weighted by Crippen LogP contribution is -2.29. The second-order valence-electron chi connectivity index (χ2n) is 5.66. The third-order valence-corrected chi connectivity index (χ3v) is 4.05. The molecule has 0 spiro atoms. The van der Waals surface area contributed by atoms with Gasteiger partial charge in [-0.3, -0.25) is 4.79 Å². The molecule has 4 nitrogen and oxygen atoms in total. The van der Waals surface area contributed by atoms with Crippen molar-refractivity contribution in [3.63, 3.8) is 0 Å². The summed E-state index contributed by atoms with van der Waals surface area (Å²) < 4.78 is 0. The van der Waals surface area contributed by atoms with E-state index in [0.29, 0.717) is 13.0 Å². The van der Waals surface area contributed by atoms with Crippen LogP contribution in [0.3, 0.4) is 0 Å². The Bertz CT molecular complexity index is 263. The topological polar surface area (TPSA) is 43.8 Å². The molecule has 18 heavy (non-hydrogen) atoms. The molecule has 0 aliphatic carbocycles. The zero-order valence-electron chi connectivity index (χ0n) is 11.3. The molecular weight excluding hydrogens is 228 g/mol. The summed E-state index contributed by atoms with van der Waals surface area (Å²) in [6.45, 7) is 5.04. The SMILES string of the molecule is O=C1CC(O)CN1CCCCN1CCCCCC1. The van der Waals surface area contributed by atoms with E-state index in [1.807, 2.05) is 4.90 Å². The Hall–Kier alpha value is -0.610. The summed E-state index contributed by atoms with van der Waals surface area (Å²) in [6.07, 6.45) is 7.59. The third-order valence-electron chi connectivity index (χ3n) is 4.05. The van der Waals surface area contributed by atoms with Crippen LogP contribution in [0.15, 0.2) is 0 Å². The van der Waals surface area contributed by atoms with Crippen molar-refractivity contribution >= 4 is 5.91 Å². The number of carbonyl (C=O) groups is 1. The molecule has 0 aromatic rings. The van der Waals surface area contributed by atoms with Crippen molar-refractivity contribution in [3.8, 4) is 0 Å². The van der Waals surface area contributed by atoms with Gasteiger partial charge in [0.2, 0.25) is 5.91 Å². The second-order valence-corrected chi connectivity index (χ2v) is 5.66. The minimum absolute atomic E-state index is 0.122. The van der Waals surface area contributed by atoms with Gasteiger partial charge >= 0.3 is 0 Å². The molecule has 2 fully saturated rings. The van der Waals surface area contributed by atoms with Gasteiger partial charge in [0.25, 0.3) is 0 Å². The molecule has 0 aromatic carbocycles. The molecule has 0 bridgehead atoms. The van der Waals surface area contributed by atoms with E-state index in [-0.39, 0.29) is 5.91 Å². The highest BCUT2D eigenvalue weighted by atomic mass is 16.3. The number of hydrogen-bond donors (Lipinski definition) is 1. The molecule has 4 heteroatoms. The monoisotopic (exact) mass is 254 g/mol. The molecule has 1 atom stereocenters. The van der Waals surface area contributed by atoms with Crippen molar-refractivity contribution < 1.29 is 9.90 Å². The van der Waals surface area contributed by atoms with Gasteiger partial charge in [-0.15, -0.1) is 0 Å². The van der Waals surface area contributed by atoms with E-state index in [4.69, 9.17) is 0 Å². The van der Waals surface area contributed by atoms with Gasteiger partial charge < -0.3 is 14.9 Å². The Morgan fingerprint density at radius 3 is 2.33 bits per heavy atom. The van der Waals surface area contributed by atoms with Gasteiger partial charge in [-0.05, 0) is 45.3 Å². The summed E-state index contributed by atoms with van der Waals surface area (Å²) in [5.74, 6) is 0.122. The summed E-state index contributed by atoms with van der Waals surface area (Å²) in [5, 5.41) is 9.39. The molecule has 0 radical (unpaired) electrons. The van der Waals surface area contributed by atoms with Crippen LogP contribution in [-0.2, 0) is 4.79 Å². The van der Waals surface area contributed by atoms with Crippen LogP contribution in [0.2, 0.25) is 0 Å². The van der Waals surface area contributed by atoms with E-state index >= 15 is 0 Å². The fraction of sp³-hybridized carbons (Fsp3) is 0.929. The Morgan fingerprint density at radius 1 is 1.06 bits per heavy atom. The van der Waals surface area contributed by atoms with Crippen molar-refractivity contribution in [2.24, 2.45) is 0 Å². The number of carbonyl (C=O) groups excluding carboxylic acids is 1. The lowest BCUT2D eigenvalue weighted by atomic mass is 10.2. The molecule has 1 amide bonds. The first-order valence-electron chi connectivity index (χ1n) is 7.44. The van der Waals surface area contributed by atoms with Crippen LogP contribution in [0, 0.1) is 0 Å². The van der Waals surface area contributed by atoms with Gasteiger partial charge in [-0.1, -0.05) is 12.8 Å². The van der Waals surface area contributed by atoms with Crippen molar-refractivity contribution in [1.82, 2.24) is 9.80 Å². The Morgan fingerprint density at radius 2 is 1.72 bits per heavy atom. The van der Waals surface area contributed by atoms with E-state index in [0.717, 1.165) is 13.0 Å². The largest absolute Gasteiger partial charge is 0.391 e. The van der Waals surface area contributed by atoms with Crippen molar-refractivity contribution in [1.29, 1.82) is 0 Å². The maximum absolute atomic E-state index is 11.5. The highest BCUT2D eigenvalue weighted by Crippen LogP contribution is 2.13. The Kier molecular flexibility index (Phi) is 5.45. The lowest BCUT2D eigenvalue weighted by Gasteiger charge is -2.20. The average Bonchev–Trinajstić information content (AvgIpc) is 2.57. The minimum Gasteiger partial charge on any atom is -0.391 e. The lowest BCUT2D eigenvalue weighted by molar-refractivity contribution is -0.127. The van der Waals surface area contributed by atoms with Crippen LogP contribution >= 0.6 is 0 Å². The van der Waals surface area contributed by atoms with Crippen LogP contribution in [-0.4, -0.2) is 59.6 Å². The quantitative estimate of drug-likeness (QED) is 0.751. The summed E-state index contributed by atoms with van der Waals surface area (Å²) >= 11 is 0. The molecule has 2 rings (SSSR count). The van der Waals surface area contributed by atoms with E-state index in [9.17, 15) is 9.90 Å². The standard InChI is InChI=1S/C14H26N2O2/c17-13-11-14(18)16(12-13)10-6-5-9-15-7-3-1-2-4-8-15/h13,17H,1-12H2. The van der Waals surface area contributed by atoms with Crippen LogP contribution in [0.1, 0.15) is 44.9 Å². The molecule has 0 saturated carbocycles. The fourth-order valence-corrected chi connectivity index (χ4v) is 2.97. The first-order chi connectivity index (χ1) is 8.75. The van der Waals surface area contributed by atoms with Crippen LogP contribution < -0.4 is 0 Å². The Balaban J connectivity index is 1.56. The van der Waals surface area contributed by atoms with Gasteiger partial charge in [-0.2, -0.15) is 0 Å². The van der Waals surface area contributed by atoms with E-state index in [2.05, 4.69) is 4.90 Å². The van der Waals surface area contributed by atoms with Crippen molar-refractivity contribution in [2.75, 3.05) is 32.7 Å². The zero-order valence-corrected chi connectivity index (χ0v) is 11.3.